The standard InChI is InChI=1S/C25H24F3N7/c26-25(27,28)20-8-16-15(5-6-31-22(16)33-20)23-32-18-11-30-10-17(13-3-4-13)21(18)24(34-23)35-7-1-2-14-9-29-12-19(14)35/h5-6,8,10-11,13-14,19,29H,1-4,7,9,12H2,(H,31,33)/t14-,19+/m0/s1. The molecule has 7 nitrogen and oxygen atoms in total. The number of rotatable bonds is 3. The van der Waals surface area contributed by atoms with Crippen LogP contribution in [0.2, 0.25) is 0 Å². The van der Waals surface area contributed by atoms with Crippen molar-refractivity contribution in [3.63, 3.8) is 0 Å². The van der Waals surface area contributed by atoms with E-state index in [4.69, 9.17) is 9.97 Å². The van der Waals surface area contributed by atoms with E-state index in [1.165, 1.54) is 18.2 Å². The normalized spacial score (nSPS) is 22.8. The number of aromatic amines is 1. The molecule has 1 aliphatic carbocycles. The number of H-pyrrole nitrogens is 1. The molecule has 0 amide bonds. The quantitative estimate of drug-likeness (QED) is 0.445. The van der Waals surface area contributed by atoms with Gasteiger partial charge in [-0.2, -0.15) is 13.2 Å². The van der Waals surface area contributed by atoms with Gasteiger partial charge in [-0.3, -0.25) is 4.98 Å². The first-order chi connectivity index (χ1) is 17.0. The minimum atomic E-state index is -4.49. The third-order valence-corrected chi connectivity index (χ3v) is 7.66. The zero-order chi connectivity index (χ0) is 23.7. The fourth-order valence-corrected chi connectivity index (χ4v) is 5.83. The van der Waals surface area contributed by atoms with Gasteiger partial charge < -0.3 is 15.2 Å². The number of fused-ring (bicyclic) bond motifs is 3. The molecule has 0 bridgehead atoms. The first-order valence-corrected chi connectivity index (χ1v) is 12.2. The second-order valence-electron chi connectivity index (χ2n) is 9.89. The molecular formula is C25H24F3N7. The Morgan fingerprint density at radius 2 is 1.94 bits per heavy atom. The molecule has 4 aromatic rings. The van der Waals surface area contributed by atoms with Crippen molar-refractivity contribution in [3.05, 3.63) is 42.0 Å². The van der Waals surface area contributed by atoms with Crippen molar-refractivity contribution in [1.29, 1.82) is 0 Å². The lowest BCUT2D eigenvalue weighted by molar-refractivity contribution is -0.140. The summed E-state index contributed by atoms with van der Waals surface area (Å²) in [5, 5.41) is 4.93. The van der Waals surface area contributed by atoms with Gasteiger partial charge in [0, 0.05) is 54.4 Å². The highest BCUT2D eigenvalue weighted by molar-refractivity contribution is 5.97. The van der Waals surface area contributed by atoms with Crippen molar-refractivity contribution in [1.82, 2.24) is 30.2 Å². The Labute approximate surface area is 199 Å². The molecule has 2 saturated heterocycles. The Kier molecular flexibility index (Phi) is 4.58. The molecule has 10 heteroatoms. The fraction of sp³-hybridized carbons (Fsp3) is 0.440. The second-order valence-corrected chi connectivity index (χ2v) is 9.89. The van der Waals surface area contributed by atoms with E-state index in [-0.39, 0.29) is 5.65 Å². The molecule has 0 aromatic carbocycles. The number of hydrogen-bond donors (Lipinski definition) is 2. The molecule has 180 valence electrons. The van der Waals surface area contributed by atoms with Gasteiger partial charge in [0.15, 0.2) is 5.82 Å². The largest absolute Gasteiger partial charge is 0.431 e. The zero-order valence-corrected chi connectivity index (χ0v) is 18.9. The Morgan fingerprint density at radius 3 is 2.77 bits per heavy atom. The van der Waals surface area contributed by atoms with E-state index >= 15 is 0 Å². The van der Waals surface area contributed by atoms with Crippen molar-refractivity contribution in [2.24, 2.45) is 5.92 Å². The summed E-state index contributed by atoms with van der Waals surface area (Å²) in [5.41, 5.74) is 1.78. The maximum absolute atomic E-state index is 13.4. The van der Waals surface area contributed by atoms with Crippen LogP contribution in [0.5, 0.6) is 0 Å². The van der Waals surface area contributed by atoms with Crippen LogP contribution in [0.25, 0.3) is 33.3 Å². The molecule has 1 saturated carbocycles. The van der Waals surface area contributed by atoms with Gasteiger partial charge in [-0.15, -0.1) is 0 Å². The van der Waals surface area contributed by atoms with Crippen LogP contribution in [0.3, 0.4) is 0 Å². The first kappa shape index (κ1) is 21.0. The highest BCUT2D eigenvalue weighted by atomic mass is 19.4. The van der Waals surface area contributed by atoms with Crippen molar-refractivity contribution < 1.29 is 13.2 Å². The smallest absolute Gasteiger partial charge is 0.351 e. The number of alkyl halides is 3. The van der Waals surface area contributed by atoms with Gasteiger partial charge in [-0.05, 0) is 55.2 Å². The Balaban J connectivity index is 1.46. The molecule has 0 unspecified atom stereocenters. The zero-order valence-electron chi connectivity index (χ0n) is 18.9. The molecule has 2 aliphatic heterocycles. The van der Waals surface area contributed by atoms with E-state index in [9.17, 15) is 13.2 Å². The van der Waals surface area contributed by atoms with Gasteiger partial charge >= 0.3 is 6.18 Å². The van der Waals surface area contributed by atoms with Crippen LogP contribution in [0.1, 0.15) is 42.9 Å². The molecule has 3 aliphatic rings. The SMILES string of the molecule is FC(F)(F)c1cc2c(-c3nc(N4CCC[C@H]5CNC[C@H]54)c4c(C5CC5)cncc4n3)ccnc2[nH]1. The molecule has 7 rings (SSSR count). The van der Waals surface area contributed by atoms with Crippen LogP contribution in [-0.2, 0) is 6.18 Å². The van der Waals surface area contributed by atoms with Gasteiger partial charge in [-0.25, -0.2) is 15.0 Å². The summed E-state index contributed by atoms with van der Waals surface area (Å²) in [7, 11) is 0. The van der Waals surface area contributed by atoms with E-state index in [1.54, 1.807) is 12.3 Å². The molecule has 2 N–H and O–H groups in total. The lowest BCUT2D eigenvalue weighted by Crippen LogP contribution is -2.45. The van der Waals surface area contributed by atoms with Gasteiger partial charge in [0.05, 0.1) is 11.7 Å². The second kappa shape index (κ2) is 7.61. The summed E-state index contributed by atoms with van der Waals surface area (Å²) in [5.74, 6) is 2.31. The van der Waals surface area contributed by atoms with Crippen molar-refractivity contribution in [2.75, 3.05) is 24.5 Å². The summed E-state index contributed by atoms with van der Waals surface area (Å²) in [6.45, 7) is 2.80. The maximum atomic E-state index is 13.4. The summed E-state index contributed by atoms with van der Waals surface area (Å²) < 4.78 is 40.2. The number of aromatic nitrogens is 5. The summed E-state index contributed by atoms with van der Waals surface area (Å²) in [4.78, 5) is 23.3. The van der Waals surface area contributed by atoms with E-state index < -0.39 is 11.9 Å². The number of nitrogens with zero attached hydrogens (tertiary/aromatic N) is 5. The van der Waals surface area contributed by atoms with E-state index in [0.29, 0.717) is 34.7 Å². The number of piperidine rings is 1. The molecule has 35 heavy (non-hydrogen) atoms. The topological polar surface area (TPSA) is 82.6 Å². The van der Waals surface area contributed by atoms with Gasteiger partial charge in [-0.1, -0.05) is 0 Å². The molecule has 6 heterocycles. The van der Waals surface area contributed by atoms with Crippen LogP contribution in [0.4, 0.5) is 19.0 Å². The highest BCUT2D eigenvalue weighted by Crippen LogP contribution is 2.46. The third-order valence-electron chi connectivity index (χ3n) is 7.66. The van der Waals surface area contributed by atoms with Gasteiger partial charge in [0.2, 0.25) is 0 Å². The Hall–Kier alpha value is -3.27. The predicted octanol–water partition coefficient (Wildman–Crippen LogP) is 4.65. The monoisotopic (exact) mass is 479 g/mol. The van der Waals surface area contributed by atoms with Crippen LogP contribution in [0.15, 0.2) is 30.7 Å². The third kappa shape index (κ3) is 3.45. The number of hydrogen-bond acceptors (Lipinski definition) is 6. The molecule has 0 radical (unpaired) electrons. The summed E-state index contributed by atoms with van der Waals surface area (Å²) in [6.07, 6.45) is 5.23. The number of pyridine rings is 2. The Bertz CT molecular complexity index is 1440. The molecule has 3 fully saturated rings. The minimum Gasteiger partial charge on any atom is -0.351 e. The van der Waals surface area contributed by atoms with Crippen LogP contribution < -0.4 is 10.2 Å². The number of anilines is 1. The summed E-state index contributed by atoms with van der Waals surface area (Å²) >= 11 is 0. The predicted molar refractivity (Wildman–Crippen MR) is 126 cm³/mol. The number of nitrogens with one attached hydrogen (secondary N) is 2. The van der Waals surface area contributed by atoms with Crippen molar-refractivity contribution in [3.8, 4) is 11.4 Å². The lowest BCUT2D eigenvalue weighted by atomic mass is 9.91. The van der Waals surface area contributed by atoms with Crippen LogP contribution >= 0.6 is 0 Å². The van der Waals surface area contributed by atoms with Crippen LogP contribution in [0, 0.1) is 5.92 Å². The highest BCUT2D eigenvalue weighted by Gasteiger charge is 2.38. The average Bonchev–Trinajstić information content (AvgIpc) is 3.40. The average molecular weight is 480 g/mol. The van der Waals surface area contributed by atoms with Crippen molar-refractivity contribution in [2.45, 2.75) is 43.8 Å². The van der Waals surface area contributed by atoms with E-state index in [2.05, 4.69) is 25.2 Å². The van der Waals surface area contributed by atoms with Crippen molar-refractivity contribution >= 4 is 27.8 Å². The number of halogens is 3. The first-order valence-electron chi connectivity index (χ1n) is 12.2. The molecular weight excluding hydrogens is 455 g/mol. The lowest BCUT2D eigenvalue weighted by Gasteiger charge is -2.38. The minimum absolute atomic E-state index is 0.169. The maximum Gasteiger partial charge on any atom is 0.431 e. The van der Waals surface area contributed by atoms with E-state index in [0.717, 1.165) is 61.7 Å². The molecule has 4 aromatic heterocycles. The summed E-state index contributed by atoms with van der Waals surface area (Å²) in [6, 6.07) is 3.13. The molecule has 0 spiro atoms. The van der Waals surface area contributed by atoms with E-state index in [1.807, 2.05) is 6.20 Å². The fourth-order valence-electron chi connectivity index (χ4n) is 5.83. The van der Waals surface area contributed by atoms with Gasteiger partial charge in [0.25, 0.3) is 0 Å². The van der Waals surface area contributed by atoms with Gasteiger partial charge in [0.1, 0.15) is 17.2 Å². The molecule has 2 atom stereocenters. The Morgan fingerprint density at radius 1 is 1.06 bits per heavy atom. The van der Waals surface area contributed by atoms with Crippen LogP contribution in [-0.4, -0.2) is 50.6 Å².